The zero-order valence-electron chi connectivity index (χ0n) is 14.4. The number of pyridine rings is 1. The maximum absolute atomic E-state index is 4.66. The third-order valence-corrected chi connectivity index (χ3v) is 4.08. The molecule has 0 saturated carbocycles. The molecule has 0 aliphatic heterocycles. The van der Waals surface area contributed by atoms with Gasteiger partial charge in [-0.05, 0) is 55.5 Å². The van der Waals surface area contributed by atoms with Crippen LogP contribution in [0.2, 0.25) is 0 Å². The summed E-state index contributed by atoms with van der Waals surface area (Å²) >= 11 is 1.89. The second kappa shape index (κ2) is 10.7. The van der Waals surface area contributed by atoms with E-state index in [9.17, 15) is 0 Å². The predicted molar refractivity (Wildman–Crippen MR) is 102 cm³/mol. The first kappa shape index (κ1) is 18.3. The van der Waals surface area contributed by atoms with Crippen molar-refractivity contribution in [2.45, 2.75) is 26.3 Å². The van der Waals surface area contributed by atoms with Crippen molar-refractivity contribution in [2.75, 3.05) is 25.1 Å². The van der Waals surface area contributed by atoms with E-state index >= 15 is 0 Å². The van der Waals surface area contributed by atoms with Crippen LogP contribution in [0.4, 0.5) is 0 Å². The van der Waals surface area contributed by atoms with E-state index in [4.69, 9.17) is 0 Å². The first-order valence-corrected chi connectivity index (χ1v) is 9.69. The fourth-order valence-electron chi connectivity index (χ4n) is 2.18. The lowest BCUT2D eigenvalue weighted by Gasteiger charge is -2.11. The van der Waals surface area contributed by atoms with Gasteiger partial charge >= 0.3 is 0 Å². The van der Waals surface area contributed by atoms with E-state index in [1.165, 1.54) is 12.2 Å². The van der Waals surface area contributed by atoms with Crippen LogP contribution in [0.3, 0.4) is 0 Å². The third kappa shape index (κ3) is 6.23. The summed E-state index contributed by atoms with van der Waals surface area (Å²) < 4.78 is 1.75. The van der Waals surface area contributed by atoms with Gasteiger partial charge < -0.3 is 10.6 Å². The highest BCUT2D eigenvalue weighted by atomic mass is 32.2. The number of hydrogen-bond acceptors (Lipinski definition) is 4. The first-order valence-electron chi connectivity index (χ1n) is 8.29. The Morgan fingerprint density at radius 2 is 2.21 bits per heavy atom. The van der Waals surface area contributed by atoms with E-state index in [-0.39, 0.29) is 0 Å². The minimum atomic E-state index is 0.608. The van der Waals surface area contributed by atoms with Crippen molar-refractivity contribution in [3.05, 3.63) is 42.4 Å². The number of guanidine groups is 1. The van der Waals surface area contributed by atoms with Gasteiger partial charge in [0.15, 0.2) is 11.8 Å². The molecule has 0 spiro atoms. The fraction of sp³-hybridized carbons (Fsp3) is 0.471. The SMILES string of the molecule is CCNC(=NCc1ccnc(-n2cccn2)c1)NCCCCSC. The van der Waals surface area contributed by atoms with Crippen molar-refractivity contribution in [3.8, 4) is 5.82 Å². The molecule has 130 valence electrons. The normalized spacial score (nSPS) is 11.5. The van der Waals surface area contributed by atoms with Crippen molar-refractivity contribution in [3.63, 3.8) is 0 Å². The molecule has 0 bridgehead atoms. The van der Waals surface area contributed by atoms with Crippen molar-refractivity contribution < 1.29 is 0 Å². The summed E-state index contributed by atoms with van der Waals surface area (Å²) in [7, 11) is 0. The van der Waals surface area contributed by atoms with Crippen LogP contribution in [0, 0.1) is 0 Å². The van der Waals surface area contributed by atoms with E-state index in [0.29, 0.717) is 6.54 Å². The van der Waals surface area contributed by atoms with Crippen LogP contribution in [0.1, 0.15) is 25.3 Å². The summed E-state index contributed by atoms with van der Waals surface area (Å²) in [4.78, 5) is 9.00. The van der Waals surface area contributed by atoms with Crippen LogP contribution < -0.4 is 10.6 Å². The molecule has 2 rings (SSSR count). The van der Waals surface area contributed by atoms with Crippen LogP contribution in [0.15, 0.2) is 41.8 Å². The van der Waals surface area contributed by atoms with Gasteiger partial charge in [-0.1, -0.05) is 0 Å². The van der Waals surface area contributed by atoms with E-state index in [1.807, 2.05) is 36.2 Å². The number of aliphatic imine (C=N–C) groups is 1. The van der Waals surface area contributed by atoms with Gasteiger partial charge in [-0.3, -0.25) is 0 Å². The highest BCUT2D eigenvalue weighted by Crippen LogP contribution is 2.07. The summed E-state index contributed by atoms with van der Waals surface area (Å²) in [5.41, 5.74) is 1.11. The molecule has 0 atom stereocenters. The molecule has 0 radical (unpaired) electrons. The van der Waals surface area contributed by atoms with Crippen molar-refractivity contribution in [1.82, 2.24) is 25.4 Å². The molecule has 0 unspecified atom stereocenters. The molecule has 2 aromatic rings. The molecule has 24 heavy (non-hydrogen) atoms. The molecule has 0 saturated heterocycles. The standard InChI is InChI=1S/C17H26N6S/c1-3-18-17(20-8-4-5-12-24-2)21-14-15-7-10-19-16(13-15)23-11-6-9-22-23/h6-7,9-11,13H,3-5,8,12,14H2,1-2H3,(H2,18,20,21). The van der Waals surface area contributed by atoms with Crippen LogP contribution in [0.5, 0.6) is 0 Å². The molecule has 2 aromatic heterocycles. The summed E-state index contributed by atoms with van der Waals surface area (Å²) in [6.45, 7) is 4.48. The summed E-state index contributed by atoms with van der Waals surface area (Å²) in [6.07, 6.45) is 9.96. The molecule has 0 aliphatic carbocycles. The number of hydrogen-bond donors (Lipinski definition) is 2. The van der Waals surface area contributed by atoms with Gasteiger partial charge in [-0.2, -0.15) is 16.9 Å². The van der Waals surface area contributed by atoms with Gasteiger partial charge in [0.1, 0.15) is 0 Å². The quantitative estimate of drug-likeness (QED) is 0.415. The first-order chi connectivity index (χ1) is 11.8. The lowest BCUT2D eigenvalue weighted by atomic mass is 10.2. The van der Waals surface area contributed by atoms with Gasteiger partial charge in [-0.25, -0.2) is 14.7 Å². The summed E-state index contributed by atoms with van der Waals surface area (Å²) in [5, 5.41) is 10.9. The topological polar surface area (TPSA) is 67.1 Å². The fourth-order valence-corrected chi connectivity index (χ4v) is 2.67. The Kier molecular flexibility index (Phi) is 8.17. The molecular formula is C17H26N6S. The van der Waals surface area contributed by atoms with Gasteiger partial charge in [0.2, 0.25) is 0 Å². The molecule has 0 amide bonds. The smallest absolute Gasteiger partial charge is 0.191 e. The number of nitrogens with one attached hydrogen (secondary N) is 2. The van der Waals surface area contributed by atoms with E-state index < -0.39 is 0 Å². The van der Waals surface area contributed by atoms with Crippen LogP contribution in [-0.2, 0) is 6.54 Å². The zero-order chi connectivity index (χ0) is 17.0. The minimum absolute atomic E-state index is 0.608. The molecule has 0 aliphatic rings. The molecule has 0 fully saturated rings. The Labute approximate surface area is 148 Å². The Bertz CT molecular complexity index is 611. The number of rotatable bonds is 9. The number of thioether (sulfide) groups is 1. The van der Waals surface area contributed by atoms with Gasteiger partial charge in [0.05, 0.1) is 6.54 Å². The molecule has 6 nitrogen and oxygen atoms in total. The molecule has 2 N–H and O–H groups in total. The molecule has 0 aromatic carbocycles. The zero-order valence-corrected chi connectivity index (χ0v) is 15.2. The van der Waals surface area contributed by atoms with E-state index in [2.05, 4.69) is 38.9 Å². The number of unbranched alkanes of at least 4 members (excludes halogenated alkanes) is 1. The van der Waals surface area contributed by atoms with E-state index in [1.54, 1.807) is 17.1 Å². The average molecular weight is 347 g/mol. The molecular weight excluding hydrogens is 320 g/mol. The van der Waals surface area contributed by atoms with Crippen molar-refractivity contribution in [2.24, 2.45) is 4.99 Å². The maximum Gasteiger partial charge on any atom is 0.191 e. The average Bonchev–Trinajstić information content (AvgIpc) is 3.14. The van der Waals surface area contributed by atoms with Crippen molar-refractivity contribution in [1.29, 1.82) is 0 Å². The number of nitrogens with zero attached hydrogens (tertiary/aromatic N) is 4. The van der Waals surface area contributed by atoms with Gasteiger partial charge in [-0.15, -0.1) is 0 Å². The summed E-state index contributed by atoms with van der Waals surface area (Å²) in [5.74, 6) is 2.88. The monoisotopic (exact) mass is 346 g/mol. The lowest BCUT2D eigenvalue weighted by Crippen LogP contribution is -2.37. The van der Waals surface area contributed by atoms with Crippen molar-refractivity contribution >= 4 is 17.7 Å². The second-order valence-corrected chi connectivity index (χ2v) is 6.28. The minimum Gasteiger partial charge on any atom is -0.357 e. The predicted octanol–water partition coefficient (Wildman–Crippen LogP) is 2.47. The molecule has 2 heterocycles. The Balaban J connectivity index is 1.91. The lowest BCUT2D eigenvalue weighted by molar-refractivity contribution is 0.734. The maximum atomic E-state index is 4.66. The number of aromatic nitrogens is 3. The Morgan fingerprint density at radius 3 is 2.96 bits per heavy atom. The Hall–Kier alpha value is -2.02. The second-order valence-electron chi connectivity index (χ2n) is 5.29. The van der Waals surface area contributed by atoms with Crippen LogP contribution in [-0.4, -0.2) is 45.8 Å². The largest absolute Gasteiger partial charge is 0.357 e. The highest BCUT2D eigenvalue weighted by molar-refractivity contribution is 7.98. The molecule has 7 heteroatoms. The van der Waals surface area contributed by atoms with Crippen LogP contribution in [0.25, 0.3) is 5.82 Å². The Morgan fingerprint density at radius 1 is 1.29 bits per heavy atom. The summed E-state index contributed by atoms with van der Waals surface area (Å²) in [6, 6.07) is 5.88. The van der Waals surface area contributed by atoms with Gasteiger partial charge in [0, 0.05) is 31.7 Å². The van der Waals surface area contributed by atoms with Crippen LogP contribution >= 0.6 is 11.8 Å². The van der Waals surface area contributed by atoms with E-state index in [0.717, 1.165) is 36.9 Å². The highest BCUT2D eigenvalue weighted by Gasteiger charge is 2.01. The third-order valence-electron chi connectivity index (χ3n) is 3.38. The van der Waals surface area contributed by atoms with Gasteiger partial charge in [0.25, 0.3) is 0 Å².